The van der Waals surface area contributed by atoms with Crippen LogP contribution in [0.2, 0.25) is 0 Å². The first kappa shape index (κ1) is 22.5. The van der Waals surface area contributed by atoms with Gasteiger partial charge in [0.15, 0.2) is 5.96 Å². The van der Waals surface area contributed by atoms with E-state index >= 15 is 0 Å². The van der Waals surface area contributed by atoms with Crippen molar-refractivity contribution in [2.45, 2.75) is 45.1 Å². The van der Waals surface area contributed by atoms with Gasteiger partial charge >= 0.3 is 0 Å². The van der Waals surface area contributed by atoms with Crippen LogP contribution in [0, 0.1) is 23.7 Å². The summed E-state index contributed by atoms with van der Waals surface area (Å²) in [5.41, 5.74) is 0. The van der Waals surface area contributed by atoms with Crippen LogP contribution >= 0.6 is 24.0 Å². The molecule has 2 saturated heterocycles. The highest BCUT2D eigenvalue weighted by atomic mass is 127. The number of ether oxygens (including phenoxy) is 1. The van der Waals surface area contributed by atoms with Gasteiger partial charge < -0.3 is 15.4 Å². The topological polar surface area (TPSA) is 83.0 Å². The summed E-state index contributed by atoms with van der Waals surface area (Å²) in [5, 5.41) is 6.60. The Balaban J connectivity index is 0.00000240. The third kappa shape index (κ3) is 4.78. The molecule has 29 heavy (non-hydrogen) atoms. The van der Waals surface area contributed by atoms with Gasteiger partial charge in [0.05, 0.1) is 17.9 Å². The highest BCUT2D eigenvalue weighted by Gasteiger charge is 2.58. The van der Waals surface area contributed by atoms with Crippen molar-refractivity contribution in [1.29, 1.82) is 0 Å². The number of hydrogen-bond acceptors (Lipinski definition) is 4. The van der Waals surface area contributed by atoms with Gasteiger partial charge in [-0.3, -0.25) is 19.5 Å². The Hall–Kier alpha value is -1.16. The first-order valence-corrected chi connectivity index (χ1v) is 10.9. The summed E-state index contributed by atoms with van der Waals surface area (Å²) in [5.74, 6) is 1.24. The number of nitrogens with zero attached hydrogens (tertiary/aromatic N) is 2. The first-order valence-electron chi connectivity index (χ1n) is 10.9. The average Bonchev–Trinajstić information content (AvgIpc) is 3.46. The van der Waals surface area contributed by atoms with Crippen molar-refractivity contribution in [3.8, 4) is 0 Å². The number of aliphatic imine (C=N–C) groups is 1. The monoisotopic (exact) mass is 516 g/mol. The fourth-order valence-corrected chi connectivity index (χ4v) is 5.17. The molecule has 0 aromatic heterocycles. The predicted molar refractivity (Wildman–Crippen MR) is 122 cm³/mol. The summed E-state index contributed by atoms with van der Waals surface area (Å²) in [7, 11) is 0. The van der Waals surface area contributed by atoms with Crippen LogP contribution in [0.5, 0.6) is 0 Å². The number of fused-ring (bicyclic) bond motifs is 5. The van der Waals surface area contributed by atoms with Gasteiger partial charge in [0.1, 0.15) is 0 Å². The lowest BCUT2D eigenvalue weighted by Crippen LogP contribution is -2.39. The Bertz CT molecular complexity index is 632. The molecule has 2 amide bonds. The van der Waals surface area contributed by atoms with E-state index in [1.807, 2.05) is 6.92 Å². The second-order valence-electron chi connectivity index (χ2n) is 8.29. The molecule has 0 spiro atoms. The van der Waals surface area contributed by atoms with Crippen LogP contribution in [0.25, 0.3) is 0 Å². The lowest BCUT2D eigenvalue weighted by atomic mass is 9.85. The molecule has 3 fully saturated rings. The first-order chi connectivity index (χ1) is 13.7. The van der Waals surface area contributed by atoms with Crippen LogP contribution in [0.1, 0.15) is 39.0 Å². The molecule has 5 unspecified atom stereocenters. The molecule has 0 aromatic rings. The fourth-order valence-electron chi connectivity index (χ4n) is 5.17. The molecule has 4 rings (SSSR count). The smallest absolute Gasteiger partial charge is 0.233 e. The molecule has 0 radical (unpaired) electrons. The molecule has 5 atom stereocenters. The number of imide groups is 1. The van der Waals surface area contributed by atoms with Gasteiger partial charge in [0.2, 0.25) is 11.8 Å². The van der Waals surface area contributed by atoms with E-state index < -0.39 is 0 Å². The maximum absolute atomic E-state index is 12.7. The van der Waals surface area contributed by atoms with E-state index in [4.69, 9.17) is 4.74 Å². The molecular weight excluding hydrogens is 483 g/mol. The molecule has 4 aliphatic rings. The van der Waals surface area contributed by atoms with Crippen LogP contribution in [0.4, 0.5) is 0 Å². The van der Waals surface area contributed by atoms with E-state index in [-0.39, 0.29) is 59.5 Å². The molecule has 2 aliphatic carbocycles. The quantitative estimate of drug-likeness (QED) is 0.129. The minimum atomic E-state index is -0.0946. The Morgan fingerprint density at radius 3 is 2.55 bits per heavy atom. The molecule has 2 heterocycles. The largest absolute Gasteiger partial charge is 0.378 e. The van der Waals surface area contributed by atoms with Gasteiger partial charge in [-0.1, -0.05) is 12.2 Å². The minimum Gasteiger partial charge on any atom is -0.378 e. The normalized spacial score (nSPS) is 32.7. The highest BCUT2D eigenvalue weighted by molar-refractivity contribution is 14.0. The van der Waals surface area contributed by atoms with E-state index in [9.17, 15) is 9.59 Å². The zero-order chi connectivity index (χ0) is 19.5. The molecule has 1 saturated carbocycles. The lowest BCUT2D eigenvalue weighted by Gasteiger charge is -2.17. The molecule has 2 bridgehead atoms. The summed E-state index contributed by atoms with van der Waals surface area (Å²) in [6.07, 6.45) is 9.60. The van der Waals surface area contributed by atoms with E-state index in [0.717, 1.165) is 51.3 Å². The van der Waals surface area contributed by atoms with Crippen molar-refractivity contribution in [1.82, 2.24) is 15.5 Å². The number of halogens is 1. The number of likely N-dealkylation sites (tertiary alicyclic amines) is 1. The van der Waals surface area contributed by atoms with Crippen molar-refractivity contribution in [2.75, 3.05) is 32.8 Å². The van der Waals surface area contributed by atoms with Crippen molar-refractivity contribution in [3.63, 3.8) is 0 Å². The van der Waals surface area contributed by atoms with E-state index in [2.05, 4.69) is 27.8 Å². The molecule has 7 nitrogen and oxygen atoms in total. The van der Waals surface area contributed by atoms with Crippen LogP contribution < -0.4 is 10.6 Å². The van der Waals surface area contributed by atoms with E-state index in [1.54, 1.807) is 0 Å². The second kappa shape index (κ2) is 10.2. The van der Waals surface area contributed by atoms with Crippen LogP contribution in [-0.4, -0.2) is 61.6 Å². The zero-order valence-corrected chi connectivity index (χ0v) is 19.5. The molecular formula is C21H33IN4O3. The Morgan fingerprint density at radius 2 is 1.93 bits per heavy atom. The van der Waals surface area contributed by atoms with Gasteiger partial charge in [-0.15, -0.1) is 24.0 Å². The maximum atomic E-state index is 12.7. The number of rotatable bonds is 8. The lowest BCUT2D eigenvalue weighted by molar-refractivity contribution is -0.140. The average molecular weight is 516 g/mol. The molecule has 162 valence electrons. The number of carbonyl (C=O) groups is 2. The number of allylic oxidation sites excluding steroid dienone is 2. The summed E-state index contributed by atoms with van der Waals surface area (Å²) >= 11 is 0. The Labute approximate surface area is 190 Å². The SMILES string of the molecule is CCNC(=NCCCN1C(=O)C2C3C=CC(C3)C2C1=O)NCCC1CCCO1.I. The van der Waals surface area contributed by atoms with E-state index in [1.165, 1.54) is 4.90 Å². The minimum absolute atomic E-state index is 0. The fraction of sp³-hybridized carbons (Fsp3) is 0.762. The van der Waals surface area contributed by atoms with E-state index in [0.29, 0.717) is 25.6 Å². The number of carbonyl (C=O) groups excluding carboxylic acids is 2. The standard InChI is InChI=1S/C21H32N4O3.HI/c1-2-22-21(24-10-8-16-5-3-12-28-16)23-9-4-11-25-19(26)17-14-6-7-15(13-14)18(17)20(25)27;/h6-7,14-18H,2-5,8-13H2,1H3,(H2,22,23,24);1H. The van der Waals surface area contributed by atoms with Gasteiger partial charge in [0, 0.05) is 32.8 Å². The molecule has 0 aromatic carbocycles. The zero-order valence-electron chi connectivity index (χ0n) is 17.1. The molecule has 2 N–H and O–H groups in total. The third-order valence-corrected chi connectivity index (χ3v) is 6.50. The van der Waals surface area contributed by atoms with Gasteiger partial charge in [-0.25, -0.2) is 0 Å². The van der Waals surface area contributed by atoms with Crippen LogP contribution in [0.15, 0.2) is 17.1 Å². The third-order valence-electron chi connectivity index (χ3n) is 6.50. The molecule has 8 heteroatoms. The number of hydrogen-bond donors (Lipinski definition) is 2. The van der Waals surface area contributed by atoms with Crippen molar-refractivity contribution in [2.24, 2.45) is 28.7 Å². The van der Waals surface area contributed by atoms with Crippen LogP contribution in [-0.2, 0) is 14.3 Å². The van der Waals surface area contributed by atoms with Crippen molar-refractivity contribution in [3.05, 3.63) is 12.2 Å². The number of amides is 2. The summed E-state index contributed by atoms with van der Waals surface area (Å²) in [6, 6.07) is 0. The van der Waals surface area contributed by atoms with Gasteiger partial charge in [-0.05, 0) is 50.9 Å². The number of guanidine groups is 1. The Morgan fingerprint density at radius 1 is 1.21 bits per heavy atom. The van der Waals surface area contributed by atoms with Gasteiger partial charge in [0.25, 0.3) is 0 Å². The summed E-state index contributed by atoms with van der Waals surface area (Å²) in [4.78, 5) is 31.5. The van der Waals surface area contributed by atoms with Crippen molar-refractivity contribution >= 4 is 41.8 Å². The Kier molecular flexibility index (Phi) is 7.95. The van der Waals surface area contributed by atoms with Gasteiger partial charge in [-0.2, -0.15) is 0 Å². The second-order valence-corrected chi connectivity index (χ2v) is 8.29. The van der Waals surface area contributed by atoms with Crippen molar-refractivity contribution < 1.29 is 14.3 Å². The maximum Gasteiger partial charge on any atom is 0.233 e. The summed E-state index contributed by atoms with van der Waals surface area (Å²) in [6.45, 7) is 5.62. The number of nitrogens with one attached hydrogen (secondary N) is 2. The highest BCUT2D eigenvalue weighted by Crippen LogP contribution is 2.52. The molecule has 2 aliphatic heterocycles. The predicted octanol–water partition coefficient (Wildman–Crippen LogP) is 1.93. The van der Waals surface area contributed by atoms with Crippen LogP contribution in [0.3, 0.4) is 0 Å². The summed E-state index contributed by atoms with van der Waals surface area (Å²) < 4.78 is 5.65.